The van der Waals surface area contributed by atoms with Gasteiger partial charge in [0.15, 0.2) is 0 Å². The third-order valence-corrected chi connectivity index (χ3v) is 3.32. The van der Waals surface area contributed by atoms with Gasteiger partial charge in [0.25, 0.3) is 0 Å². The normalized spacial score (nSPS) is 19.6. The zero-order valence-corrected chi connectivity index (χ0v) is 11.7. The lowest BCUT2D eigenvalue weighted by molar-refractivity contribution is 0.826. The van der Waals surface area contributed by atoms with Crippen LogP contribution in [0.4, 0.5) is 5.82 Å². The van der Waals surface area contributed by atoms with E-state index in [-0.39, 0.29) is 0 Å². The summed E-state index contributed by atoms with van der Waals surface area (Å²) in [5.74, 6) is 2.02. The summed E-state index contributed by atoms with van der Waals surface area (Å²) in [6.07, 6.45) is 8.42. The van der Waals surface area contributed by atoms with Crippen molar-refractivity contribution in [3.05, 3.63) is 41.6 Å². The van der Waals surface area contributed by atoms with Crippen LogP contribution in [0.25, 0.3) is 5.57 Å². The highest BCUT2D eigenvalue weighted by molar-refractivity contribution is 5.79. The maximum atomic E-state index is 4.51. The number of anilines is 1. The summed E-state index contributed by atoms with van der Waals surface area (Å²) in [4.78, 5) is 4.51. The van der Waals surface area contributed by atoms with Crippen molar-refractivity contribution in [2.75, 3.05) is 11.9 Å². The lowest BCUT2D eigenvalue weighted by atomic mass is 9.87. The molecule has 1 aliphatic heterocycles. The summed E-state index contributed by atoms with van der Waals surface area (Å²) in [5, 5.41) is 3.41. The first-order chi connectivity index (χ1) is 8.61. The number of nitrogens with one attached hydrogen (secondary N) is 1. The predicted octanol–water partition coefficient (Wildman–Crippen LogP) is 4.23. The van der Waals surface area contributed by atoms with Crippen molar-refractivity contribution in [1.82, 2.24) is 4.98 Å². The minimum Gasteiger partial charge on any atom is -0.366 e. The van der Waals surface area contributed by atoms with Gasteiger partial charge in [-0.05, 0) is 29.0 Å². The molecule has 96 valence electrons. The van der Waals surface area contributed by atoms with E-state index in [1.807, 2.05) is 6.20 Å². The average molecular weight is 242 g/mol. The first-order valence-corrected chi connectivity index (χ1v) is 6.71. The summed E-state index contributed by atoms with van der Waals surface area (Å²) in [6, 6.07) is 2.15. The van der Waals surface area contributed by atoms with E-state index in [4.69, 9.17) is 0 Å². The molecule has 2 heteroatoms. The highest BCUT2D eigenvalue weighted by Crippen LogP contribution is 2.35. The number of pyridine rings is 1. The molecule has 18 heavy (non-hydrogen) atoms. The minimum absolute atomic E-state index is 0.495. The molecule has 0 saturated heterocycles. The van der Waals surface area contributed by atoms with Crippen molar-refractivity contribution >= 4 is 11.4 Å². The molecule has 2 nitrogen and oxygen atoms in total. The van der Waals surface area contributed by atoms with Gasteiger partial charge in [-0.25, -0.2) is 4.98 Å². The number of aromatic nitrogens is 1. The Morgan fingerprint density at radius 2 is 1.94 bits per heavy atom. The van der Waals surface area contributed by atoms with Gasteiger partial charge in [0, 0.05) is 18.3 Å². The maximum Gasteiger partial charge on any atom is 0.134 e. The van der Waals surface area contributed by atoms with Gasteiger partial charge in [-0.15, -0.1) is 0 Å². The van der Waals surface area contributed by atoms with Crippen molar-refractivity contribution in [2.45, 2.75) is 33.6 Å². The van der Waals surface area contributed by atoms with Crippen LogP contribution in [0.5, 0.6) is 0 Å². The van der Waals surface area contributed by atoms with Crippen LogP contribution in [0.1, 0.15) is 44.7 Å². The third-order valence-electron chi connectivity index (χ3n) is 3.32. The van der Waals surface area contributed by atoms with Gasteiger partial charge in [-0.3, -0.25) is 0 Å². The van der Waals surface area contributed by atoms with Gasteiger partial charge < -0.3 is 5.32 Å². The van der Waals surface area contributed by atoms with E-state index in [0.717, 1.165) is 12.4 Å². The highest BCUT2D eigenvalue weighted by Gasteiger charge is 2.18. The molecule has 0 unspecified atom stereocenters. The predicted molar refractivity (Wildman–Crippen MR) is 78.8 cm³/mol. The highest BCUT2D eigenvalue weighted by atomic mass is 15.0. The molecule has 0 fully saturated rings. The van der Waals surface area contributed by atoms with Crippen molar-refractivity contribution in [2.24, 2.45) is 5.92 Å². The van der Waals surface area contributed by atoms with Crippen molar-refractivity contribution in [3.8, 4) is 0 Å². The Labute approximate surface area is 110 Å². The Kier molecular flexibility index (Phi) is 3.85. The number of hydrogen-bond acceptors (Lipinski definition) is 2. The van der Waals surface area contributed by atoms with Crippen LogP contribution in [0.15, 0.2) is 30.5 Å². The first kappa shape index (κ1) is 12.9. The number of allylic oxidation sites excluding steroid dienone is 3. The molecule has 1 N–H and O–H groups in total. The van der Waals surface area contributed by atoms with Crippen LogP contribution >= 0.6 is 0 Å². The Balaban J connectivity index is 2.65. The molecule has 0 amide bonds. The van der Waals surface area contributed by atoms with Gasteiger partial charge in [0.1, 0.15) is 5.82 Å². The number of nitrogens with zero attached hydrogens (tertiary/aromatic N) is 1. The van der Waals surface area contributed by atoms with Crippen molar-refractivity contribution in [3.63, 3.8) is 0 Å². The van der Waals surface area contributed by atoms with E-state index in [2.05, 4.69) is 62.3 Å². The van der Waals surface area contributed by atoms with Gasteiger partial charge in [-0.1, -0.05) is 45.9 Å². The summed E-state index contributed by atoms with van der Waals surface area (Å²) in [5.41, 5.74) is 4.04. The molecular formula is C16H22N2. The second kappa shape index (κ2) is 5.38. The smallest absolute Gasteiger partial charge is 0.134 e. The first-order valence-electron chi connectivity index (χ1n) is 6.71. The minimum atomic E-state index is 0.495. The van der Waals surface area contributed by atoms with E-state index in [1.165, 1.54) is 16.7 Å². The van der Waals surface area contributed by atoms with Gasteiger partial charge >= 0.3 is 0 Å². The van der Waals surface area contributed by atoms with Gasteiger partial charge in [0.2, 0.25) is 0 Å². The standard InChI is InChI=1S/C16H22N2/c1-11(2)13-7-5-6-9-17-16-15(13)14(12(3)4)8-10-18-16/h5-8,10-12H,9H2,1-4H3,(H,17,18)/b6-5-,13-7-. The fourth-order valence-corrected chi connectivity index (χ4v) is 2.36. The number of fused-ring (bicyclic) bond motifs is 1. The zero-order valence-electron chi connectivity index (χ0n) is 11.7. The van der Waals surface area contributed by atoms with Crippen LogP contribution in [0.2, 0.25) is 0 Å². The molecule has 1 aliphatic rings. The molecule has 0 radical (unpaired) electrons. The van der Waals surface area contributed by atoms with E-state index >= 15 is 0 Å². The van der Waals surface area contributed by atoms with Crippen molar-refractivity contribution in [1.29, 1.82) is 0 Å². The molecule has 0 bridgehead atoms. The van der Waals surface area contributed by atoms with Gasteiger partial charge in [-0.2, -0.15) is 0 Å². The quantitative estimate of drug-likeness (QED) is 0.839. The average Bonchev–Trinajstić information content (AvgIpc) is 2.28. The Hall–Kier alpha value is -1.57. The molecule has 2 heterocycles. The van der Waals surface area contributed by atoms with E-state index < -0.39 is 0 Å². The number of hydrogen-bond donors (Lipinski definition) is 1. The fourth-order valence-electron chi connectivity index (χ4n) is 2.36. The molecule has 2 rings (SSSR count). The maximum absolute atomic E-state index is 4.51. The topological polar surface area (TPSA) is 24.9 Å². The monoisotopic (exact) mass is 242 g/mol. The SMILES string of the molecule is CC(C)/C1=C/C=C\CNc2nccc(C(C)C)c21. The van der Waals surface area contributed by atoms with Crippen LogP contribution in [-0.4, -0.2) is 11.5 Å². The van der Waals surface area contributed by atoms with E-state index in [1.54, 1.807) is 0 Å². The summed E-state index contributed by atoms with van der Waals surface area (Å²) in [6.45, 7) is 9.79. The number of rotatable bonds is 2. The molecule has 0 aliphatic carbocycles. The Morgan fingerprint density at radius 1 is 1.17 bits per heavy atom. The Bertz CT molecular complexity index is 482. The summed E-state index contributed by atoms with van der Waals surface area (Å²) >= 11 is 0. The molecule has 1 aromatic rings. The molecular weight excluding hydrogens is 220 g/mol. The van der Waals surface area contributed by atoms with Gasteiger partial charge in [0.05, 0.1) is 0 Å². The summed E-state index contributed by atoms with van der Waals surface area (Å²) in [7, 11) is 0. The second-order valence-electron chi connectivity index (χ2n) is 5.36. The van der Waals surface area contributed by atoms with Crippen LogP contribution < -0.4 is 5.32 Å². The van der Waals surface area contributed by atoms with Crippen LogP contribution in [0, 0.1) is 5.92 Å². The van der Waals surface area contributed by atoms with Crippen LogP contribution in [-0.2, 0) is 0 Å². The van der Waals surface area contributed by atoms with E-state index in [0.29, 0.717) is 11.8 Å². The molecule has 0 spiro atoms. The largest absolute Gasteiger partial charge is 0.366 e. The zero-order chi connectivity index (χ0) is 13.1. The second-order valence-corrected chi connectivity index (χ2v) is 5.36. The Morgan fingerprint density at radius 3 is 2.61 bits per heavy atom. The third kappa shape index (κ3) is 2.47. The lowest BCUT2D eigenvalue weighted by Gasteiger charge is -2.22. The lowest BCUT2D eigenvalue weighted by Crippen LogP contribution is -2.10. The molecule has 0 atom stereocenters. The fraction of sp³-hybridized carbons (Fsp3) is 0.438. The summed E-state index contributed by atoms with van der Waals surface area (Å²) < 4.78 is 0. The molecule has 1 aromatic heterocycles. The van der Waals surface area contributed by atoms with Crippen molar-refractivity contribution < 1.29 is 0 Å². The van der Waals surface area contributed by atoms with Crippen LogP contribution in [0.3, 0.4) is 0 Å². The molecule has 0 saturated carbocycles. The molecule has 0 aromatic carbocycles. The van der Waals surface area contributed by atoms with E-state index in [9.17, 15) is 0 Å².